The molecule has 0 aliphatic carbocycles. The van der Waals surface area contributed by atoms with E-state index in [1.807, 2.05) is 36.4 Å². The van der Waals surface area contributed by atoms with Crippen LogP contribution in [0.1, 0.15) is 30.0 Å². The molecule has 0 unspecified atom stereocenters. The highest BCUT2D eigenvalue weighted by molar-refractivity contribution is 5.72. The van der Waals surface area contributed by atoms with E-state index in [1.54, 1.807) is 6.07 Å². The summed E-state index contributed by atoms with van der Waals surface area (Å²) in [6.07, 6.45) is 2.12. The van der Waals surface area contributed by atoms with E-state index >= 15 is 0 Å². The Bertz CT molecular complexity index is 794. The molecule has 0 radical (unpaired) electrons. The van der Waals surface area contributed by atoms with Crippen molar-refractivity contribution in [3.8, 4) is 17.2 Å². The number of benzene rings is 2. The number of hydrogen-bond acceptors (Lipinski definition) is 4. The van der Waals surface area contributed by atoms with E-state index in [9.17, 15) is 9.59 Å². The van der Waals surface area contributed by atoms with Gasteiger partial charge in [0.1, 0.15) is 0 Å². The molecule has 0 spiro atoms. The molecule has 0 heterocycles. The first-order valence-electron chi connectivity index (χ1n) is 8.13. The van der Waals surface area contributed by atoms with Gasteiger partial charge >= 0.3 is 5.97 Å². The van der Waals surface area contributed by atoms with Crippen LogP contribution in [0.4, 0.5) is 0 Å². The highest BCUT2D eigenvalue weighted by Crippen LogP contribution is 2.28. The zero-order chi connectivity index (χ0) is 18.1. The largest absolute Gasteiger partial charge is 0.444 e. The molecule has 128 valence electrons. The van der Waals surface area contributed by atoms with Crippen molar-refractivity contribution in [1.29, 1.82) is 5.26 Å². The number of aryl methyl sites for hydroxylation is 1. The molecule has 25 heavy (non-hydrogen) atoms. The van der Waals surface area contributed by atoms with Gasteiger partial charge in [-0.2, -0.15) is 5.26 Å². The second-order valence-corrected chi connectivity index (χ2v) is 5.47. The average molecular weight is 336 g/mol. The second-order valence-electron chi connectivity index (χ2n) is 5.47. The number of nitrogens with zero attached hydrogens (tertiary/aromatic N) is 1. The van der Waals surface area contributed by atoms with Crippen LogP contribution in [0, 0.1) is 11.3 Å². The van der Waals surface area contributed by atoms with Gasteiger partial charge < -0.3 is 10.1 Å². The van der Waals surface area contributed by atoms with E-state index in [0.29, 0.717) is 18.4 Å². The molecule has 2 aromatic rings. The molecule has 2 rings (SSSR count). The summed E-state index contributed by atoms with van der Waals surface area (Å²) in [7, 11) is 0. The van der Waals surface area contributed by atoms with Crippen molar-refractivity contribution in [2.24, 2.45) is 0 Å². The molecule has 2 aromatic carbocycles. The molecule has 0 fully saturated rings. The summed E-state index contributed by atoms with van der Waals surface area (Å²) in [4.78, 5) is 21.9. The summed E-state index contributed by atoms with van der Waals surface area (Å²) in [5.74, 6) is -0.353. The zero-order valence-corrected chi connectivity index (χ0v) is 14.1. The Kier molecular flexibility index (Phi) is 6.73. The standard InChI is InChI=1S/C20H20N2O3/c1-2-18-16(9-10-20(24)25-14-22-13-23)6-4-8-19(18)17-7-3-5-15(11-17)12-21/h3-8,11,13H,2,9-10,14H2,1H3,(H,22,23). The Morgan fingerprint density at radius 2 is 2.08 bits per heavy atom. The van der Waals surface area contributed by atoms with E-state index in [1.165, 1.54) is 0 Å². The normalized spacial score (nSPS) is 9.92. The lowest BCUT2D eigenvalue weighted by molar-refractivity contribution is -0.144. The van der Waals surface area contributed by atoms with E-state index in [-0.39, 0.29) is 19.1 Å². The summed E-state index contributed by atoms with van der Waals surface area (Å²) in [5.41, 5.74) is 4.94. The van der Waals surface area contributed by atoms with Crippen LogP contribution in [0.2, 0.25) is 0 Å². The first-order valence-corrected chi connectivity index (χ1v) is 8.13. The zero-order valence-electron chi connectivity index (χ0n) is 14.1. The van der Waals surface area contributed by atoms with Gasteiger partial charge in [-0.25, -0.2) is 0 Å². The second kappa shape index (κ2) is 9.24. The van der Waals surface area contributed by atoms with Crippen LogP contribution in [-0.2, 0) is 27.2 Å². The van der Waals surface area contributed by atoms with Gasteiger partial charge in [-0.15, -0.1) is 0 Å². The number of amides is 1. The van der Waals surface area contributed by atoms with Gasteiger partial charge in [0.2, 0.25) is 6.41 Å². The van der Waals surface area contributed by atoms with Crippen molar-refractivity contribution in [2.45, 2.75) is 26.2 Å². The Morgan fingerprint density at radius 1 is 1.28 bits per heavy atom. The molecule has 0 saturated heterocycles. The number of nitrogens with one attached hydrogen (secondary N) is 1. The van der Waals surface area contributed by atoms with Gasteiger partial charge in [-0.05, 0) is 47.2 Å². The molecule has 0 bridgehead atoms. The van der Waals surface area contributed by atoms with Crippen molar-refractivity contribution < 1.29 is 14.3 Å². The minimum atomic E-state index is -0.353. The fraction of sp³-hybridized carbons (Fsp3) is 0.250. The lowest BCUT2D eigenvalue weighted by atomic mass is 9.91. The lowest BCUT2D eigenvalue weighted by Gasteiger charge is -2.14. The predicted molar refractivity (Wildman–Crippen MR) is 94.5 cm³/mol. The van der Waals surface area contributed by atoms with Gasteiger partial charge in [-0.1, -0.05) is 37.3 Å². The Morgan fingerprint density at radius 3 is 2.80 bits per heavy atom. The van der Waals surface area contributed by atoms with Crippen molar-refractivity contribution >= 4 is 12.4 Å². The van der Waals surface area contributed by atoms with Gasteiger partial charge in [0.15, 0.2) is 6.73 Å². The minimum Gasteiger partial charge on any atom is -0.444 e. The molecular formula is C20H20N2O3. The molecule has 1 amide bonds. The summed E-state index contributed by atoms with van der Waals surface area (Å²) in [6.45, 7) is 1.97. The number of carbonyl (C=O) groups is 2. The molecule has 5 heteroatoms. The Labute approximate surface area is 147 Å². The van der Waals surface area contributed by atoms with Crippen LogP contribution in [0.3, 0.4) is 0 Å². The quantitative estimate of drug-likeness (QED) is 0.348. The summed E-state index contributed by atoms with van der Waals surface area (Å²) < 4.78 is 4.91. The summed E-state index contributed by atoms with van der Waals surface area (Å²) in [5, 5.41) is 11.4. The highest BCUT2D eigenvalue weighted by atomic mass is 16.5. The van der Waals surface area contributed by atoms with Crippen molar-refractivity contribution in [2.75, 3.05) is 6.73 Å². The minimum absolute atomic E-state index is 0.107. The first kappa shape index (κ1) is 18.2. The SMILES string of the molecule is CCc1c(CCC(=O)OCNC=O)cccc1-c1cccc(C#N)c1. The predicted octanol–water partition coefficient (Wildman–Crippen LogP) is 2.97. The van der Waals surface area contributed by atoms with E-state index < -0.39 is 0 Å². The van der Waals surface area contributed by atoms with E-state index in [0.717, 1.165) is 28.7 Å². The average Bonchev–Trinajstić information content (AvgIpc) is 2.66. The smallest absolute Gasteiger partial charge is 0.307 e. The monoisotopic (exact) mass is 336 g/mol. The maximum atomic E-state index is 11.7. The Balaban J connectivity index is 2.19. The third kappa shape index (κ3) is 4.92. The number of rotatable bonds is 8. The number of carbonyl (C=O) groups excluding carboxylic acids is 2. The topological polar surface area (TPSA) is 79.2 Å². The third-order valence-electron chi connectivity index (χ3n) is 3.93. The molecule has 0 saturated carbocycles. The molecule has 0 atom stereocenters. The number of nitriles is 1. The van der Waals surface area contributed by atoms with Gasteiger partial charge in [0.25, 0.3) is 0 Å². The van der Waals surface area contributed by atoms with Crippen molar-refractivity contribution in [1.82, 2.24) is 5.32 Å². The van der Waals surface area contributed by atoms with Crippen LogP contribution in [0.25, 0.3) is 11.1 Å². The summed E-state index contributed by atoms with van der Waals surface area (Å²) >= 11 is 0. The molecule has 0 aromatic heterocycles. The third-order valence-corrected chi connectivity index (χ3v) is 3.93. The number of ether oxygens (including phenoxy) is 1. The van der Waals surface area contributed by atoms with E-state index in [4.69, 9.17) is 10.00 Å². The first-order chi connectivity index (χ1) is 12.2. The maximum absolute atomic E-state index is 11.7. The van der Waals surface area contributed by atoms with Crippen LogP contribution < -0.4 is 5.32 Å². The lowest BCUT2D eigenvalue weighted by Crippen LogP contribution is -2.19. The van der Waals surface area contributed by atoms with Gasteiger partial charge in [0, 0.05) is 6.42 Å². The van der Waals surface area contributed by atoms with Crippen molar-refractivity contribution in [3.05, 3.63) is 59.2 Å². The molecular weight excluding hydrogens is 316 g/mol. The van der Waals surface area contributed by atoms with Gasteiger partial charge in [0.05, 0.1) is 11.6 Å². The van der Waals surface area contributed by atoms with Gasteiger partial charge in [-0.3, -0.25) is 9.59 Å². The molecule has 0 aliphatic heterocycles. The highest BCUT2D eigenvalue weighted by Gasteiger charge is 2.11. The van der Waals surface area contributed by atoms with Crippen LogP contribution >= 0.6 is 0 Å². The number of hydrogen-bond donors (Lipinski definition) is 1. The van der Waals surface area contributed by atoms with E-state index in [2.05, 4.69) is 18.3 Å². The van der Waals surface area contributed by atoms with Crippen LogP contribution in [0.5, 0.6) is 0 Å². The fourth-order valence-electron chi connectivity index (χ4n) is 2.78. The number of esters is 1. The molecule has 0 aliphatic rings. The Hall–Kier alpha value is -3.13. The fourth-order valence-corrected chi connectivity index (χ4v) is 2.78. The molecule has 5 nitrogen and oxygen atoms in total. The van der Waals surface area contributed by atoms with Crippen molar-refractivity contribution in [3.63, 3.8) is 0 Å². The van der Waals surface area contributed by atoms with Crippen LogP contribution in [-0.4, -0.2) is 19.1 Å². The molecule has 1 N–H and O–H groups in total. The summed E-state index contributed by atoms with van der Waals surface area (Å²) in [6, 6.07) is 15.7. The van der Waals surface area contributed by atoms with Crippen LogP contribution in [0.15, 0.2) is 42.5 Å². The maximum Gasteiger partial charge on any atom is 0.307 e.